The minimum Gasteiger partial charge on any atom is -0.493 e. The number of rotatable bonds is 6. The third kappa shape index (κ3) is 4.69. The van der Waals surface area contributed by atoms with Gasteiger partial charge in [0, 0.05) is 16.8 Å². The van der Waals surface area contributed by atoms with Gasteiger partial charge in [0.25, 0.3) is 5.91 Å². The average Bonchev–Trinajstić information content (AvgIpc) is 3.18. The summed E-state index contributed by atoms with van der Waals surface area (Å²) in [7, 11) is 2.82. The lowest BCUT2D eigenvalue weighted by Gasteiger charge is -2.12. The van der Waals surface area contributed by atoms with Crippen LogP contribution in [-0.4, -0.2) is 40.5 Å². The van der Waals surface area contributed by atoms with Gasteiger partial charge in [0.2, 0.25) is 0 Å². The van der Waals surface area contributed by atoms with Gasteiger partial charge in [-0.2, -0.15) is 18.3 Å². The molecule has 0 radical (unpaired) electrons. The number of methoxy groups -OCH3 is 2. The fraction of sp³-hybridized carbons (Fsp3) is 0.167. The lowest BCUT2D eigenvalue weighted by atomic mass is 10.1. The number of fused-ring (bicyclic) bond motifs is 1. The lowest BCUT2D eigenvalue weighted by molar-refractivity contribution is -0.142. The largest absolute Gasteiger partial charge is 0.493 e. The van der Waals surface area contributed by atoms with Crippen molar-refractivity contribution in [3.8, 4) is 22.8 Å². The molecule has 0 aliphatic rings. The minimum atomic E-state index is -4.84. The molecular formula is C24H18ClF3N4O4. The number of ether oxygens (including phenoxy) is 2. The number of alkyl halides is 3. The number of Topliss-reactive ketones (excluding diaryl/α,β-unsaturated/α-hetero) is 1. The second kappa shape index (κ2) is 9.50. The van der Waals surface area contributed by atoms with Crippen LogP contribution in [0.4, 0.5) is 18.9 Å². The van der Waals surface area contributed by atoms with E-state index < -0.39 is 23.5 Å². The topological polar surface area (TPSA) is 94.8 Å². The maximum Gasteiger partial charge on any atom is 0.433 e. The molecule has 0 aliphatic carbocycles. The van der Waals surface area contributed by atoms with Gasteiger partial charge >= 0.3 is 6.18 Å². The Labute approximate surface area is 207 Å². The van der Waals surface area contributed by atoms with E-state index in [1.807, 2.05) is 0 Å². The van der Waals surface area contributed by atoms with E-state index in [0.717, 1.165) is 6.07 Å². The summed E-state index contributed by atoms with van der Waals surface area (Å²) >= 11 is 6.31. The zero-order chi connectivity index (χ0) is 26.2. The van der Waals surface area contributed by atoms with Gasteiger partial charge in [-0.25, -0.2) is 9.50 Å². The van der Waals surface area contributed by atoms with Crippen LogP contribution in [0, 0.1) is 0 Å². The van der Waals surface area contributed by atoms with Crippen LogP contribution < -0.4 is 14.8 Å². The first kappa shape index (κ1) is 25.0. The standard InChI is InChI=1S/C24H18ClF3N4O4/c1-12(33)13-5-4-6-15(9-13)29-23(34)21-20(25)22-30-16(11-19(24(26,27)28)32(22)31-21)14-7-8-17(35-2)18(10-14)36-3/h4-11H,1-3H3,(H,29,34). The minimum absolute atomic E-state index is 0.0707. The SMILES string of the molecule is COc1ccc(-c2cc(C(F)(F)F)n3nc(C(=O)Nc4cccc(C(C)=O)c4)c(Cl)c3n2)cc1OC. The monoisotopic (exact) mass is 518 g/mol. The van der Waals surface area contributed by atoms with Crippen molar-refractivity contribution < 1.29 is 32.2 Å². The zero-order valence-electron chi connectivity index (χ0n) is 19.1. The normalized spacial score (nSPS) is 11.4. The van der Waals surface area contributed by atoms with Crippen molar-refractivity contribution in [2.75, 3.05) is 19.5 Å². The van der Waals surface area contributed by atoms with Crippen LogP contribution in [0.25, 0.3) is 16.9 Å². The summed E-state index contributed by atoms with van der Waals surface area (Å²) in [5.74, 6) is -0.420. The summed E-state index contributed by atoms with van der Waals surface area (Å²) in [5.41, 5.74) is -1.20. The highest BCUT2D eigenvalue weighted by Crippen LogP contribution is 2.37. The summed E-state index contributed by atoms with van der Waals surface area (Å²) in [6, 6.07) is 11.4. The van der Waals surface area contributed by atoms with E-state index in [1.54, 1.807) is 12.1 Å². The number of hydrogen-bond donors (Lipinski definition) is 1. The summed E-state index contributed by atoms with van der Waals surface area (Å²) < 4.78 is 52.8. The fourth-order valence-corrected chi connectivity index (χ4v) is 3.73. The van der Waals surface area contributed by atoms with E-state index in [0.29, 0.717) is 21.4 Å². The number of halogens is 4. The van der Waals surface area contributed by atoms with Crippen LogP contribution >= 0.6 is 11.6 Å². The van der Waals surface area contributed by atoms with Crippen molar-refractivity contribution in [1.82, 2.24) is 14.6 Å². The number of aromatic nitrogens is 3. The number of carbonyl (C=O) groups is 2. The maximum atomic E-state index is 14.0. The molecule has 2 aromatic carbocycles. The number of nitrogens with zero attached hydrogens (tertiary/aromatic N) is 3. The van der Waals surface area contributed by atoms with Gasteiger partial charge in [0.05, 0.1) is 19.9 Å². The predicted octanol–water partition coefficient (Wildman–Crippen LogP) is 5.54. The molecule has 4 rings (SSSR count). The van der Waals surface area contributed by atoms with Crippen molar-refractivity contribution in [3.63, 3.8) is 0 Å². The highest BCUT2D eigenvalue weighted by molar-refractivity contribution is 6.37. The molecule has 1 N–H and O–H groups in total. The predicted molar refractivity (Wildman–Crippen MR) is 126 cm³/mol. The number of carbonyl (C=O) groups excluding carboxylic acids is 2. The van der Waals surface area contributed by atoms with E-state index in [-0.39, 0.29) is 33.6 Å². The Morgan fingerprint density at radius 2 is 1.75 bits per heavy atom. The summed E-state index contributed by atoms with van der Waals surface area (Å²) in [4.78, 5) is 28.7. The lowest BCUT2D eigenvalue weighted by Crippen LogP contribution is -2.16. The van der Waals surface area contributed by atoms with Gasteiger partial charge in [-0.15, -0.1) is 0 Å². The Balaban J connectivity index is 1.83. The third-order valence-electron chi connectivity index (χ3n) is 5.24. The number of benzene rings is 2. The van der Waals surface area contributed by atoms with E-state index in [9.17, 15) is 22.8 Å². The molecular weight excluding hydrogens is 501 g/mol. The Bertz CT molecular complexity index is 1500. The number of nitrogens with one attached hydrogen (secondary N) is 1. The van der Waals surface area contributed by atoms with Gasteiger partial charge in [-0.05, 0) is 43.3 Å². The van der Waals surface area contributed by atoms with Crippen LogP contribution in [0.15, 0.2) is 48.5 Å². The van der Waals surface area contributed by atoms with Crippen molar-refractivity contribution in [2.24, 2.45) is 0 Å². The first-order valence-electron chi connectivity index (χ1n) is 10.3. The molecule has 12 heteroatoms. The van der Waals surface area contributed by atoms with E-state index in [2.05, 4.69) is 15.4 Å². The van der Waals surface area contributed by atoms with E-state index in [1.165, 1.54) is 51.5 Å². The first-order chi connectivity index (χ1) is 17.0. The second-order valence-electron chi connectivity index (χ2n) is 7.58. The Morgan fingerprint density at radius 1 is 1.03 bits per heavy atom. The molecule has 0 saturated heterocycles. The molecule has 186 valence electrons. The van der Waals surface area contributed by atoms with Gasteiger partial charge in [0.1, 0.15) is 5.02 Å². The first-order valence-corrected chi connectivity index (χ1v) is 10.7. The molecule has 0 atom stereocenters. The summed E-state index contributed by atoms with van der Waals surface area (Å²) in [5, 5.41) is 5.93. The third-order valence-corrected chi connectivity index (χ3v) is 5.59. The molecule has 2 heterocycles. The molecule has 36 heavy (non-hydrogen) atoms. The molecule has 0 unspecified atom stereocenters. The Hall–Kier alpha value is -4.12. The molecule has 0 fully saturated rings. The molecule has 0 saturated carbocycles. The maximum absolute atomic E-state index is 14.0. The molecule has 4 aromatic rings. The Morgan fingerprint density at radius 3 is 2.39 bits per heavy atom. The van der Waals surface area contributed by atoms with Crippen LogP contribution in [0.5, 0.6) is 11.5 Å². The quantitative estimate of drug-likeness (QED) is 0.337. The van der Waals surface area contributed by atoms with Crippen LogP contribution in [0.2, 0.25) is 5.02 Å². The molecule has 0 spiro atoms. The van der Waals surface area contributed by atoms with Crippen molar-refractivity contribution in [2.45, 2.75) is 13.1 Å². The van der Waals surface area contributed by atoms with Crippen LogP contribution in [-0.2, 0) is 6.18 Å². The van der Waals surface area contributed by atoms with E-state index in [4.69, 9.17) is 21.1 Å². The summed E-state index contributed by atoms with van der Waals surface area (Å²) in [6.45, 7) is 1.36. The smallest absolute Gasteiger partial charge is 0.433 e. The Kier molecular flexibility index (Phi) is 6.59. The van der Waals surface area contributed by atoms with Crippen LogP contribution in [0.3, 0.4) is 0 Å². The number of ketones is 1. The van der Waals surface area contributed by atoms with Gasteiger partial charge in [-0.3, -0.25) is 9.59 Å². The molecule has 8 nitrogen and oxygen atoms in total. The molecule has 1 amide bonds. The summed E-state index contributed by atoms with van der Waals surface area (Å²) in [6.07, 6.45) is -4.84. The van der Waals surface area contributed by atoms with Crippen molar-refractivity contribution >= 4 is 34.6 Å². The van der Waals surface area contributed by atoms with Crippen molar-refractivity contribution in [3.05, 3.63) is 70.5 Å². The second-order valence-corrected chi connectivity index (χ2v) is 7.96. The molecule has 0 aliphatic heterocycles. The van der Waals surface area contributed by atoms with Crippen molar-refractivity contribution in [1.29, 1.82) is 0 Å². The zero-order valence-corrected chi connectivity index (χ0v) is 19.9. The molecule has 2 aromatic heterocycles. The number of hydrogen-bond acceptors (Lipinski definition) is 6. The van der Waals surface area contributed by atoms with Gasteiger partial charge in [-0.1, -0.05) is 23.7 Å². The highest BCUT2D eigenvalue weighted by Gasteiger charge is 2.37. The highest BCUT2D eigenvalue weighted by atomic mass is 35.5. The van der Waals surface area contributed by atoms with Gasteiger partial charge < -0.3 is 14.8 Å². The number of amides is 1. The number of anilines is 1. The molecule has 0 bridgehead atoms. The average molecular weight is 519 g/mol. The van der Waals surface area contributed by atoms with E-state index >= 15 is 0 Å². The van der Waals surface area contributed by atoms with Crippen LogP contribution in [0.1, 0.15) is 33.5 Å². The fourth-order valence-electron chi connectivity index (χ4n) is 3.49. The van der Waals surface area contributed by atoms with Gasteiger partial charge in [0.15, 0.2) is 34.3 Å².